The number of aromatic nitrogens is 1. The van der Waals surface area contributed by atoms with Crippen LogP contribution in [-0.4, -0.2) is 62.2 Å². The number of hydrogen-bond acceptors (Lipinski definition) is 6. The molecule has 0 aliphatic carbocycles. The van der Waals surface area contributed by atoms with Crippen molar-refractivity contribution in [3.05, 3.63) is 53.1 Å². The van der Waals surface area contributed by atoms with Crippen LogP contribution in [0.5, 0.6) is 5.75 Å². The van der Waals surface area contributed by atoms with Crippen LogP contribution in [-0.2, 0) is 0 Å². The van der Waals surface area contributed by atoms with Gasteiger partial charge in [-0.15, -0.1) is 0 Å². The molecule has 0 radical (unpaired) electrons. The molecule has 4 rings (SSSR count). The average Bonchev–Trinajstić information content (AvgIpc) is 3.17. The Morgan fingerprint density at radius 2 is 2.03 bits per heavy atom. The molecule has 0 atom stereocenters. The van der Waals surface area contributed by atoms with Crippen LogP contribution in [0.2, 0.25) is 5.02 Å². The van der Waals surface area contributed by atoms with Gasteiger partial charge in [-0.05, 0) is 36.4 Å². The van der Waals surface area contributed by atoms with Crippen LogP contribution in [0.4, 0.5) is 5.13 Å². The van der Waals surface area contributed by atoms with E-state index in [1.165, 1.54) is 0 Å². The third-order valence-corrected chi connectivity index (χ3v) is 6.34. The van der Waals surface area contributed by atoms with Gasteiger partial charge in [0.2, 0.25) is 0 Å². The van der Waals surface area contributed by atoms with E-state index in [1.54, 1.807) is 42.7 Å². The number of nitrogens with one attached hydrogen (secondary N) is 1. The second kappa shape index (κ2) is 8.98. The number of ether oxygens (including phenoxy) is 1. The lowest BCUT2D eigenvalue weighted by Gasteiger charge is -2.34. The molecule has 2 aromatic carbocycles. The molecule has 1 amide bonds. The number of fused-ring (bicyclic) bond motifs is 1. The lowest BCUT2D eigenvalue weighted by Crippen LogP contribution is -2.48. The third kappa shape index (κ3) is 4.80. The number of anilines is 1. The van der Waals surface area contributed by atoms with Gasteiger partial charge in [0.1, 0.15) is 5.75 Å². The molecule has 1 aliphatic heterocycles. The summed E-state index contributed by atoms with van der Waals surface area (Å²) < 4.78 is 6.45. The molecule has 2 heterocycles. The maximum Gasteiger partial charge on any atom is 0.251 e. The normalized spacial score (nSPS) is 14.9. The van der Waals surface area contributed by atoms with E-state index in [4.69, 9.17) is 21.3 Å². The highest BCUT2D eigenvalue weighted by Crippen LogP contribution is 2.31. The maximum absolute atomic E-state index is 12.2. The summed E-state index contributed by atoms with van der Waals surface area (Å²) in [6.45, 7) is 5.21. The first kappa shape index (κ1) is 19.9. The molecule has 6 nitrogen and oxygen atoms in total. The predicted molar refractivity (Wildman–Crippen MR) is 119 cm³/mol. The standard InChI is InChI=1S/C21H23ClN4O2S/c1-28-17-5-6-18-19(14-17)29-21(24-18)26-11-9-25(10-12-26)8-7-23-20(27)15-3-2-4-16(22)13-15/h2-6,13-14H,7-12H2,1H3,(H,23,27). The fourth-order valence-corrected chi connectivity index (χ4v) is 4.61. The van der Waals surface area contributed by atoms with Crippen molar-refractivity contribution in [1.82, 2.24) is 15.2 Å². The van der Waals surface area contributed by atoms with Gasteiger partial charge in [0.25, 0.3) is 5.91 Å². The number of rotatable bonds is 6. The molecule has 0 unspecified atom stereocenters. The molecule has 1 saturated heterocycles. The largest absolute Gasteiger partial charge is 0.497 e. The van der Waals surface area contributed by atoms with Crippen molar-refractivity contribution in [2.24, 2.45) is 0 Å². The number of methoxy groups -OCH3 is 1. The number of benzene rings is 2. The Morgan fingerprint density at radius 3 is 2.79 bits per heavy atom. The minimum Gasteiger partial charge on any atom is -0.497 e. The smallest absolute Gasteiger partial charge is 0.251 e. The second-order valence-electron chi connectivity index (χ2n) is 6.93. The van der Waals surface area contributed by atoms with Gasteiger partial charge in [-0.2, -0.15) is 0 Å². The van der Waals surface area contributed by atoms with Gasteiger partial charge >= 0.3 is 0 Å². The van der Waals surface area contributed by atoms with Crippen LogP contribution in [0, 0.1) is 0 Å². The van der Waals surface area contributed by atoms with E-state index in [-0.39, 0.29) is 5.91 Å². The Kier molecular flexibility index (Phi) is 6.18. The van der Waals surface area contributed by atoms with Gasteiger partial charge < -0.3 is 15.0 Å². The minimum atomic E-state index is -0.0870. The van der Waals surface area contributed by atoms with Gasteiger partial charge in [0.05, 0.1) is 17.3 Å². The van der Waals surface area contributed by atoms with Gasteiger partial charge in [-0.25, -0.2) is 4.98 Å². The Labute approximate surface area is 179 Å². The molecular weight excluding hydrogens is 408 g/mol. The Morgan fingerprint density at radius 1 is 1.21 bits per heavy atom. The highest BCUT2D eigenvalue weighted by molar-refractivity contribution is 7.22. The SMILES string of the molecule is COc1ccc2nc(N3CCN(CCNC(=O)c4cccc(Cl)c4)CC3)sc2c1. The van der Waals surface area contributed by atoms with Gasteiger partial charge in [-0.1, -0.05) is 29.0 Å². The first-order valence-electron chi connectivity index (χ1n) is 9.58. The van der Waals surface area contributed by atoms with E-state index in [1.807, 2.05) is 18.2 Å². The lowest BCUT2D eigenvalue weighted by molar-refractivity contribution is 0.0948. The monoisotopic (exact) mass is 430 g/mol. The zero-order valence-corrected chi connectivity index (χ0v) is 17.8. The van der Waals surface area contributed by atoms with Crippen LogP contribution in [0.1, 0.15) is 10.4 Å². The van der Waals surface area contributed by atoms with Crippen molar-refractivity contribution in [3.63, 3.8) is 0 Å². The van der Waals surface area contributed by atoms with Crippen LogP contribution in [0.3, 0.4) is 0 Å². The zero-order valence-electron chi connectivity index (χ0n) is 16.2. The number of hydrogen-bond donors (Lipinski definition) is 1. The molecule has 1 aliphatic rings. The van der Waals surface area contributed by atoms with E-state index in [0.717, 1.165) is 53.8 Å². The third-order valence-electron chi connectivity index (χ3n) is 5.03. The van der Waals surface area contributed by atoms with Crippen molar-refractivity contribution in [3.8, 4) is 5.75 Å². The molecule has 29 heavy (non-hydrogen) atoms. The number of piperazine rings is 1. The summed E-state index contributed by atoms with van der Waals surface area (Å²) in [5.41, 5.74) is 1.60. The van der Waals surface area contributed by atoms with Crippen molar-refractivity contribution < 1.29 is 9.53 Å². The molecular formula is C21H23ClN4O2S. The fraction of sp³-hybridized carbons (Fsp3) is 0.333. The van der Waals surface area contributed by atoms with E-state index >= 15 is 0 Å². The quantitative estimate of drug-likeness (QED) is 0.648. The summed E-state index contributed by atoms with van der Waals surface area (Å²) in [7, 11) is 1.68. The highest BCUT2D eigenvalue weighted by Gasteiger charge is 2.20. The summed E-state index contributed by atoms with van der Waals surface area (Å²) >= 11 is 7.65. The summed E-state index contributed by atoms with van der Waals surface area (Å²) in [4.78, 5) is 21.7. The molecule has 0 bridgehead atoms. The number of carbonyl (C=O) groups excluding carboxylic acids is 1. The van der Waals surface area contributed by atoms with E-state index < -0.39 is 0 Å². The summed E-state index contributed by atoms with van der Waals surface area (Å²) in [5.74, 6) is 0.772. The summed E-state index contributed by atoms with van der Waals surface area (Å²) in [6.07, 6.45) is 0. The van der Waals surface area contributed by atoms with Gasteiger partial charge in [0.15, 0.2) is 5.13 Å². The van der Waals surface area contributed by atoms with Crippen molar-refractivity contribution in [2.75, 3.05) is 51.3 Å². The topological polar surface area (TPSA) is 57.7 Å². The number of halogens is 1. The molecule has 1 N–H and O–H groups in total. The van der Waals surface area contributed by atoms with Gasteiger partial charge in [0, 0.05) is 49.9 Å². The molecule has 0 saturated carbocycles. The van der Waals surface area contributed by atoms with Crippen molar-refractivity contribution in [1.29, 1.82) is 0 Å². The van der Waals surface area contributed by atoms with Crippen molar-refractivity contribution in [2.45, 2.75) is 0 Å². The fourth-order valence-electron chi connectivity index (χ4n) is 3.38. The molecule has 1 fully saturated rings. The Balaban J connectivity index is 1.26. The van der Waals surface area contributed by atoms with E-state index in [9.17, 15) is 4.79 Å². The maximum atomic E-state index is 12.2. The second-order valence-corrected chi connectivity index (χ2v) is 8.37. The number of thiazole rings is 1. The molecule has 0 spiro atoms. The Hall–Kier alpha value is -2.35. The first-order chi connectivity index (χ1) is 14.1. The molecule has 8 heteroatoms. The van der Waals surface area contributed by atoms with Crippen LogP contribution >= 0.6 is 22.9 Å². The Bertz CT molecular complexity index is 1000. The molecule has 1 aromatic heterocycles. The van der Waals surface area contributed by atoms with Crippen molar-refractivity contribution >= 4 is 44.2 Å². The molecule has 3 aromatic rings. The average molecular weight is 431 g/mol. The van der Waals surface area contributed by atoms with Crippen LogP contribution in [0.25, 0.3) is 10.2 Å². The van der Waals surface area contributed by atoms with E-state index in [2.05, 4.69) is 15.1 Å². The lowest BCUT2D eigenvalue weighted by atomic mass is 10.2. The van der Waals surface area contributed by atoms with E-state index in [0.29, 0.717) is 17.1 Å². The number of amides is 1. The minimum absolute atomic E-state index is 0.0870. The van der Waals surface area contributed by atoms with Crippen LogP contribution < -0.4 is 15.0 Å². The highest BCUT2D eigenvalue weighted by atomic mass is 35.5. The molecule has 152 valence electrons. The van der Waals surface area contributed by atoms with Gasteiger partial charge in [-0.3, -0.25) is 9.69 Å². The summed E-state index contributed by atoms with van der Waals surface area (Å²) in [5, 5.41) is 4.60. The predicted octanol–water partition coefficient (Wildman–Crippen LogP) is 3.51. The number of nitrogens with zero attached hydrogens (tertiary/aromatic N) is 3. The zero-order chi connectivity index (χ0) is 20.2. The number of carbonyl (C=O) groups is 1. The van der Waals surface area contributed by atoms with Crippen LogP contribution in [0.15, 0.2) is 42.5 Å². The summed E-state index contributed by atoms with van der Waals surface area (Å²) in [6, 6.07) is 13.0. The first-order valence-corrected chi connectivity index (χ1v) is 10.8.